The SMILES string of the molecule is Cc1ccc2c(c1)N(CCCCCl)C(=O)CO2. The summed E-state index contributed by atoms with van der Waals surface area (Å²) in [6.45, 7) is 2.86. The van der Waals surface area contributed by atoms with Crippen LogP contribution in [0.4, 0.5) is 5.69 Å². The van der Waals surface area contributed by atoms with Crippen LogP contribution in [0, 0.1) is 6.92 Å². The fraction of sp³-hybridized carbons (Fsp3) is 0.462. The number of hydrogen-bond donors (Lipinski definition) is 0. The number of fused-ring (bicyclic) bond motifs is 1. The van der Waals surface area contributed by atoms with E-state index in [2.05, 4.69) is 0 Å². The average Bonchev–Trinajstić information content (AvgIpc) is 2.32. The summed E-state index contributed by atoms with van der Waals surface area (Å²) in [5.74, 6) is 1.46. The first-order valence-corrected chi connectivity index (χ1v) is 6.35. The number of anilines is 1. The Kier molecular flexibility index (Phi) is 3.89. The van der Waals surface area contributed by atoms with Crippen LogP contribution in [0.25, 0.3) is 0 Å². The molecule has 0 spiro atoms. The molecule has 2 rings (SSSR count). The van der Waals surface area contributed by atoms with Gasteiger partial charge in [-0.2, -0.15) is 0 Å². The second-order valence-corrected chi connectivity index (χ2v) is 4.58. The molecule has 0 unspecified atom stereocenters. The Bertz CT molecular complexity index is 420. The molecule has 0 bridgehead atoms. The molecule has 0 fully saturated rings. The first-order chi connectivity index (χ1) is 8.22. The smallest absolute Gasteiger partial charge is 0.265 e. The molecule has 1 aromatic rings. The minimum Gasteiger partial charge on any atom is -0.482 e. The van der Waals surface area contributed by atoms with Crippen LogP contribution < -0.4 is 9.64 Å². The predicted molar refractivity (Wildman–Crippen MR) is 69.0 cm³/mol. The number of ether oxygens (including phenoxy) is 1. The van der Waals surface area contributed by atoms with E-state index in [9.17, 15) is 4.79 Å². The van der Waals surface area contributed by atoms with E-state index in [1.807, 2.05) is 25.1 Å². The van der Waals surface area contributed by atoms with Gasteiger partial charge in [0.05, 0.1) is 5.69 Å². The monoisotopic (exact) mass is 253 g/mol. The van der Waals surface area contributed by atoms with Crippen LogP contribution in [0.1, 0.15) is 18.4 Å². The summed E-state index contributed by atoms with van der Waals surface area (Å²) < 4.78 is 5.41. The molecule has 1 aliphatic rings. The predicted octanol–water partition coefficient (Wildman–Crippen LogP) is 2.74. The molecule has 1 heterocycles. The number of benzene rings is 1. The van der Waals surface area contributed by atoms with Crippen LogP contribution in [0.3, 0.4) is 0 Å². The van der Waals surface area contributed by atoms with E-state index in [1.165, 1.54) is 0 Å². The Balaban J connectivity index is 2.20. The van der Waals surface area contributed by atoms with E-state index >= 15 is 0 Å². The Morgan fingerprint density at radius 3 is 3.00 bits per heavy atom. The molecule has 0 N–H and O–H groups in total. The zero-order valence-corrected chi connectivity index (χ0v) is 10.7. The third kappa shape index (κ3) is 2.72. The average molecular weight is 254 g/mol. The van der Waals surface area contributed by atoms with E-state index in [4.69, 9.17) is 16.3 Å². The minimum atomic E-state index is 0.0256. The van der Waals surface area contributed by atoms with Crippen molar-refractivity contribution < 1.29 is 9.53 Å². The number of carbonyl (C=O) groups excluding carboxylic acids is 1. The summed E-state index contributed by atoms with van der Waals surface area (Å²) in [6.07, 6.45) is 1.84. The van der Waals surface area contributed by atoms with Crippen molar-refractivity contribution in [3.8, 4) is 5.75 Å². The third-order valence-corrected chi connectivity index (χ3v) is 3.09. The maximum Gasteiger partial charge on any atom is 0.265 e. The highest BCUT2D eigenvalue weighted by molar-refractivity contribution is 6.17. The van der Waals surface area contributed by atoms with Crippen LogP contribution in [0.2, 0.25) is 0 Å². The van der Waals surface area contributed by atoms with E-state index in [-0.39, 0.29) is 12.5 Å². The quantitative estimate of drug-likeness (QED) is 0.610. The lowest BCUT2D eigenvalue weighted by molar-refractivity contribution is -0.121. The molecular weight excluding hydrogens is 238 g/mol. The molecule has 0 aromatic heterocycles. The maximum absolute atomic E-state index is 11.8. The van der Waals surface area contributed by atoms with Crippen molar-refractivity contribution in [2.45, 2.75) is 19.8 Å². The number of unbranched alkanes of at least 4 members (excludes halogenated alkanes) is 1. The van der Waals surface area contributed by atoms with Gasteiger partial charge in [-0.25, -0.2) is 0 Å². The highest BCUT2D eigenvalue weighted by atomic mass is 35.5. The lowest BCUT2D eigenvalue weighted by Gasteiger charge is -2.29. The van der Waals surface area contributed by atoms with Gasteiger partial charge in [0.25, 0.3) is 5.91 Å². The van der Waals surface area contributed by atoms with E-state index in [0.29, 0.717) is 12.4 Å². The summed E-state index contributed by atoms with van der Waals surface area (Å²) in [5, 5.41) is 0. The molecule has 3 nitrogen and oxygen atoms in total. The van der Waals surface area contributed by atoms with Crippen molar-refractivity contribution >= 4 is 23.2 Å². The number of nitrogens with zero attached hydrogens (tertiary/aromatic N) is 1. The van der Waals surface area contributed by atoms with Crippen molar-refractivity contribution in [1.29, 1.82) is 0 Å². The van der Waals surface area contributed by atoms with Crippen LogP contribution in [-0.4, -0.2) is 24.9 Å². The standard InChI is InChI=1S/C13H16ClNO2/c1-10-4-5-12-11(8-10)15(7-3-2-6-14)13(16)9-17-12/h4-5,8H,2-3,6-7,9H2,1H3. The second-order valence-electron chi connectivity index (χ2n) is 4.20. The summed E-state index contributed by atoms with van der Waals surface area (Å²) >= 11 is 5.65. The number of carbonyl (C=O) groups is 1. The van der Waals surface area contributed by atoms with Gasteiger partial charge < -0.3 is 9.64 Å². The molecule has 1 aromatic carbocycles. The van der Waals surface area contributed by atoms with Gasteiger partial charge in [0, 0.05) is 12.4 Å². The zero-order chi connectivity index (χ0) is 12.3. The van der Waals surface area contributed by atoms with Crippen molar-refractivity contribution in [2.24, 2.45) is 0 Å². The Morgan fingerprint density at radius 2 is 2.24 bits per heavy atom. The van der Waals surface area contributed by atoms with E-state index in [0.717, 1.165) is 29.8 Å². The maximum atomic E-state index is 11.8. The minimum absolute atomic E-state index is 0.0256. The van der Waals surface area contributed by atoms with Gasteiger partial charge in [-0.15, -0.1) is 11.6 Å². The number of amides is 1. The molecule has 92 valence electrons. The first-order valence-electron chi connectivity index (χ1n) is 5.82. The van der Waals surface area contributed by atoms with Crippen LogP contribution >= 0.6 is 11.6 Å². The van der Waals surface area contributed by atoms with Gasteiger partial charge in [0.1, 0.15) is 5.75 Å². The van der Waals surface area contributed by atoms with Crippen molar-refractivity contribution in [3.63, 3.8) is 0 Å². The number of alkyl halides is 1. The highest BCUT2D eigenvalue weighted by Crippen LogP contribution is 2.32. The van der Waals surface area contributed by atoms with Crippen molar-refractivity contribution in [1.82, 2.24) is 0 Å². The summed E-state index contributed by atoms with van der Waals surface area (Å²) in [5.41, 5.74) is 2.01. The lowest BCUT2D eigenvalue weighted by Crippen LogP contribution is -2.39. The van der Waals surface area contributed by atoms with Gasteiger partial charge in [0.2, 0.25) is 0 Å². The van der Waals surface area contributed by atoms with Crippen molar-refractivity contribution in [2.75, 3.05) is 23.9 Å². The van der Waals surface area contributed by atoms with Crippen LogP contribution in [0.5, 0.6) is 5.75 Å². The van der Waals surface area contributed by atoms with Crippen molar-refractivity contribution in [3.05, 3.63) is 23.8 Å². The normalized spacial score (nSPS) is 14.5. The molecule has 4 heteroatoms. The molecule has 17 heavy (non-hydrogen) atoms. The Morgan fingerprint density at radius 1 is 1.41 bits per heavy atom. The highest BCUT2D eigenvalue weighted by Gasteiger charge is 2.24. The second kappa shape index (κ2) is 5.41. The van der Waals surface area contributed by atoms with Gasteiger partial charge in [-0.1, -0.05) is 6.07 Å². The third-order valence-electron chi connectivity index (χ3n) is 2.82. The number of halogens is 1. The summed E-state index contributed by atoms with van der Waals surface area (Å²) in [6, 6.07) is 5.91. The molecule has 1 aliphatic heterocycles. The zero-order valence-electron chi connectivity index (χ0n) is 9.91. The first kappa shape index (κ1) is 12.2. The van der Waals surface area contributed by atoms with Crippen LogP contribution in [0.15, 0.2) is 18.2 Å². The molecule has 0 radical (unpaired) electrons. The van der Waals surface area contributed by atoms with Gasteiger partial charge >= 0.3 is 0 Å². The van der Waals surface area contributed by atoms with Gasteiger partial charge in [-0.05, 0) is 37.5 Å². The largest absolute Gasteiger partial charge is 0.482 e. The van der Waals surface area contributed by atoms with Gasteiger partial charge in [-0.3, -0.25) is 4.79 Å². The fourth-order valence-corrected chi connectivity index (χ4v) is 2.11. The topological polar surface area (TPSA) is 29.5 Å². The fourth-order valence-electron chi connectivity index (χ4n) is 1.92. The van der Waals surface area contributed by atoms with E-state index < -0.39 is 0 Å². The molecule has 0 saturated carbocycles. The summed E-state index contributed by atoms with van der Waals surface area (Å²) in [4.78, 5) is 13.6. The van der Waals surface area contributed by atoms with E-state index in [1.54, 1.807) is 4.90 Å². The van der Waals surface area contributed by atoms with Crippen LogP contribution in [-0.2, 0) is 4.79 Å². The van der Waals surface area contributed by atoms with Gasteiger partial charge in [0.15, 0.2) is 6.61 Å². The summed E-state index contributed by atoms with van der Waals surface area (Å²) in [7, 11) is 0. The lowest BCUT2D eigenvalue weighted by atomic mass is 10.1. The Hall–Kier alpha value is -1.22. The molecule has 1 amide bonds. The molecule has 0 aliphatic carbocycles. The molecular formula is C13H16ClNO2. The molecule has 0 saturated heterocycles. The molecule has 0 atom stereocenters. The number of hydrogen-bond acceptors (Lipinski definition) is 2. The number of aryl methyl sites for hydroxylation is 1. The number of rotatable bonds is 4. The Labute approximate surface area is 106 Å².